The molecule has 0 aliphatic rings. The Balaban J connectivity index is 1.89. The number of nitrogens with one attached hydrogen (secondary N) is 1. The highest BCUT2D eigenvalue weighted by Gasteiger charge is 2.13. The first-order valence-corrected chi connectivity index (χ1v) is 6.83. The van der Waals surface area contributed by atoms with Gasteiger partial charge in [0.2, 0.25) is 0 Å². The Morgan fingerprint density at radius 1 is 1.04 bits per heavy atom. The number of aromatic hydroxyl groups is 1. The zero-order valence-electron chi connectivity index (χ0n) is 12.4. The first-order valence-electron chi connectivity index (χ1n) is 6.83. The number of phenolic OH excluding ortho intramolecular Hbond substituents is 1. The summed E-state index contributed by atoms with van der Waals surface area (Å²) < 4.78 is 4.84. The third kappa shape index (κ3) is 4.41. The van der Waals surface area contributed by atoms with Gasteiger partial charge in [-0.05, 0) is 43.3 Å². The summed E-state index contributed by atoms with van der Waals surface area (Å²) in [5, 5.41) is 12.1. The van der Waals surface area contributed by atoms with Crippen molar-refractivity contribution in [3.8, 4) is 5.75 Å². The molecule has 0 fully saturated rings. The number of para-hydroxylation sites is 1. The number of anilines is 1. The summed E-state index contributed by atoms with van der Waals surface area (Å²) in [6.07, 6.45) is 0. The van der Waals surface area contributed by atoms with E-state index in [1.54, 1.807) is 36.4 Å². The molecule has 0 radical (unpaired) electrons. The molecule has 118 valence electrons. The number of benzene rings is 2. The monoisotopic (exact) mass is 313 g/mol. The van der Waals surface area contributed by atoms with E-state index in [2.05, 4.69) is 5.32 Å². The van der Waals surface area contributed by atoms with Crippen LogP contribution in [0.3, 0.4) is 0 Å². The van der Waals surface area contributed by atoms with Crippen LogP contribution in [0.4, 0.5) is 5.69 Å². The van der Waals surface area contributed by atoms with Crippen molar-refractivity contribution in [2.45, 2.75) is 6.92 Å². The van der Waals surface area contributed by atoms with Crippen LogP contribution in [0, 0.1) is 0 Å². The van der Waals surface area contributed by atoms with Gasteiger partial charge in [-0.3, -0.25) is 9.59 Å². The van der Waals surface area contributed by atoms with E-state index in [9.17, 15) is 19.5 Å². The number of ether oxygens (including phenoxy) is 1. The van der Waals surface area contributed by atoms with Crippen molar-refractivity contribution in [1.82, 2.24) is 0 Å². The van der Waals surface area contributed by atoms with E-state index in [0.29, 0.717) is 11.3 Å². The van der Waals surface area contributed by atoms with Crippen LogP contribution in [-0.4, -0.2) is 29.4 Å². The predicted molar refractivity (Wildman–Crippen MR) is 83.5 cm³/mol. The summed E-state index contributed by atoms with van der Waals surface area (Å²) in [6.45, 7) is 0.966. The van der Waals surface area contributed by atoms with Crippen LogP contribution in [0.25, 0.3) is 0 Å². The second kappa shape index (κ2) is 7.22. The van der Waals surface area contributed by atoms with E-state index >= 15 is 0 Å². The molecule has 2 aromatic rings. The van der Waals surface area contributed by atoms with E-state index in [-0.39, 0.29) is 17.1 Å². The lowest BCUT2D eigenvalue weighted by atomic mass is 10.1. The molecule has 0 saturated carbocycles. The quantitative estimate of drug-likeness (QED) is 0.653. The van der Waals surface area contributed by atoms with Crippen molar-refractivity contribution >= 4 is 23.3 Å². The maximum absolute atomic E-state index is 11.7. The van der Waals surface area contributed by atoms with Crippen molar-refractivity contribution in [2.24, 2.45) is 0 Å². The van der Waals surface area contributed by atoms with Gasteiger partial charge < -0.3 is 15.2 Å². The number of phenols is 1. The highest BCUT2D eigenvalue weighted by atomic mass is 16.5. The molecule has 23 heavy (non-hydrogen) atoms. The summed E-state index contributed by atoms with van der Waals surface area (Å²) >= 11 is 0. The van der Waals surface area contributed by atoms with Crippen LogP contribution in [-0.2, 0) is 9.53 Å². The number of Topliss-reactive ketones (excluding diaryl/α,β-unsaturated/α-hetero) is 1. The molecule has 2 N–H and O–H groups in total. The van der Waals surface area contributed by atoms with E-state index in [1.807, 2.05) is 0 Å². The standard InChI is InChI=1S/C17H15NO5/c1-11(19)12-6-8-13(9-7-12)18-16(21)10-23-17(22)14-4-2-3-5-15(14)20/h2-9,20H,10H2,1H3,(H,18,21). The van der Waals surface area contributed by atoms with Gasteiger partial charge in [-0.15, -0.1) is 0 Å². The molecule has 6 nitrogen and oxygen atoms in total. The lowest BCUT2D eigenvalue weighted by Crippen LogP contribution is -2.21. The van der Waals surface area contributed by atoms with Crippen LogP contribution in [0.2, 0.25) is 0 Å². The van der Waals surface area contributed by atoms with Gasteiger partial charge >= 0.3 is 5.97 Å². The Morgan fingerprint density at radius 3 is 2.30 bits per heavy atom. The van der Waals surface area contributed by atoms with E-state index < -0.39 is 18.5 Å². The Morgan fingerprint density at radius 2 is 1.70 bits per heavy atom. The SMILES string of the molecule is CC(=O)c1ccc(NC(=O)COC(=O)c2ccccc2O)cc1. The van der Waals surface area contributed by atoms with Crippen molar-refractivity contribution < 1.29 is 24.2 Å². The smallest absolute Gasteiger partial charge is 0.342 e. The van der Waals surface area contributed by atoms with Gasteiger partial charge in [0.25, 0.3) is 5.91 Å². The summed E-state index contributed by atoms with van der Waals surface area (Å²) in [6, 6.07) is 12.2. The van der Waals surface area contributed by atoms with Crippen LogP contribution in [0.15, 0.2) is 48.5 Å². The first-order chi connectivity index (χ1) is 11.0. The van der Waals surface area contributed by atoms with Crippen LogP contribution in [0.5, 0.6) is 5.75 Å². The number of rotatable bonds is 5. The summed E-state index contributed by atoms with van der Waals surface area (Å²) in [4.78, 5) is 34.6. The second-order valence-electron chi connectivity index (χ2n) is 4.77. The van der Waals surface area contributed by atoms with Crippen LogP contribution < -0.4 is 5.32 Å². The molecule has 2 rings (SSSR count). The molecule has 2 aromatic carbocycles. The molecular weight excluding hydrogens is 298 g/mol. The van der Waals surface area contributed by atoms with E-state index in [0.717, 1.165) is 0 Å². The van der Waals surface area contributed by atoms with Crippen molar-refractivity contribution in [3.05, 3.63) is 59.7 Å². The lowest BCUT2D eigenvalue weighted by Gasteiger charge is -2.07. The molecule has 0 saturated heterocycles. The minimum absolute atomic E-state index is 0.00823. The fourth-order valence-corrected chi connectivity index (χ4v) is 1.84. The maximum atomic E-state index is 11.7. The lowest BCUT2D eigenvalue weighted by molar-refractivity contribution is -0.119. The molecule has 0 aromatic heterocycles. The van der Waals surface area contributed by atoms with Gasteiger partial charge in [0.05, 0.1) is 0 Å². The number of hydrogen-bond acceptors (Lipinski definition) is 5. The maximum Gasteiger partial charge on any atom is 0.342 e. The van der Waals surface area contributed by atoms with Gasteiger partial charge in [0.15, 0.2) is 12.4 Å². The topological polar surface area (TPSA) is 92.7 Å². The van der Waals surface area contributed by atoms with Gasteiger partial charge in [0.1, 0.15) is 11.3 Å². The number of amides is 1. The molecule has 0 aliphatic carbocycles. The normalized spacial score (nSPS) is 9.96. The fraction of sp³-hybridized carbons (Fsp3) is 0.118. The zero-order valence-corrected chi connectivity index (χ0v) is 12.4. The Hall–Kier alpha value is -3.15. The molecule has 0 bridgehead atoms. The fourth-order valence-electron chi connectivity index (χ4n) is 1.84. The molecule has 0 unspecified atom stereocenters. The number of carbonyl (C=O) groups excluding carboxylic acids is 3. The summed E-state index contributed by atoms with van der Waals surface area (Å²) in [5.41, 5.74) is 1.01. The highest BCUT2D eigenvalue weighted by molar-refractivity contribution is 5.97. The first kappa shape index (κ1) is 16.2. The van der Waals surface area contributed by atoms with Gasteiger partial charge in [0, 0.05) is 11.3 Å². The van der Waals surface area contributed by atoms with Crippen LogP contribution in [0.1, 0.15) is 27.6 Å². The number of esters is 1. The minimum Gasteiger partial charge on any atom is -0.507 e. The van der Waals surface area contributed by atoms with Gasteiger partial charge in [-0.1, -0.05) is 12.1 Å². The third-order valence-electron chi connectivity index (χ3n) is 3.03. The molecule has 0 atom stereocenters. The number of hydrogen-bond donors (Lipinski definition) is 2. The molecule has 0 aliphatic heterocycles. The minimum atomic E-state index is -0.787. The van der Waals surface area contributed by atoms with E-state index in [4.69, 9.17) is 4.74 Å². The van der Waals surface area contributed by atoms with Crippen molar-refractivity contribution in [2.75, 3.05) is 11.9 Å². The summed E-state index contributed by atoms with van der Waals surface area (Å²) in [7, 11) is 0. The largest absolute Gasteiger partial charge is 0.507 e. The Labute approximate surface area is 132 Å². The molecular formula is C17H15NO5. The predicted octanol–water partition coefficient (Wildman–Crippen LogP) is 2.39. The molecule has 1 amide bonds. The zero-order chi connectivity index (χ0) is 16.8. The van der Waals surface area contributed by atoms with E-state index in [1.165, 1.54) is 19.1 Å². The second-order valence-corrected chi connectivity index (χ2v) is 4.77. The number of carbonyl (C=O) groups is 3. The van der Waals surface area contributed by atoms with Crippen LogP contribution >= 0.6 is 0 Å². The summed E-state index contributed by atoms with van der Waals surface area (Å²) in [5.74, 6) is -1.59. The molecule has 0 spiro atoms. The van der Waals surface area contributed by atoms with Gasteiger partial charge in [-0.25, -0.2) is 4.79 Å². The highest BCUT2D eigenvalue weighted by Crippen LogP contribution is 2.16. The number of ketones is 1. The average molecular weight is 313 g/mol. The molecule has 6 heteroatoms. The average Bonchev–Trinajstić information content (AvgIpc) is 2.53. The van der Waals surface area contributed by atoms with Gasteiger partial charge in [-0.2, -0.15) is 0 Å². The molecule has 0 heterocycles. The van der Waals surface area contributed by atoms with Crippen molar-refractivity contribution in [1.29, 1.82) is 0 Å². The van der Waals surface area contributed by atoms with Crippen molar-refractivity contribution in [3.63, 3.8) is 0 Å². The third-order valence-corrected chi connectivity index (χ3v) is 3.03. The Bertz CT molecular complexity index is 737. The Kier molecular flexibility index (Phi) is 5.09.